The van der Waals surface area contributed by atoms with Gasteiger partial charge in [-0.2, -0.15) is 8.78 Å². The molecule has 0 aromatic rings. The summed E-state index contributed by atoms with van der Waals surface area (Å²) in [6, 6.07) is 0. The van der Waals surface area contributed by atoms with Crippen molar-refractivity contribution in [3.8, 4) is 0 Å². The van der Waals surface area contributed by atoms with Gasteiger partial charge in [-0.3, -0.25) is 0 Å². The van der Waals surface area contributed by atoms with Gasteiger partial charge in [-0.05, 0) is 24.6 Å². The van der Waals surface area contributed by atoms with Crippen LogP contribution in [0.25, 0.3) is 0 Å². The lowest BCUT2D eigenvalue weighted by Gasteiger charge is -1.95. The van der Waals surface area contributed by atoms with Gasteiger partial charge in [-0.15, -0.1) is 0 Å². The molecule has 0 aliphatic rings. The first kappa shape index (κ1) is 6.89. The fourth-order valence-corrected chi connectivity index (χ4v) is 0.315. The highest BCUT2D eigenvalue weighted by molar-refractivity contribution is 6.22. The van der Waals surface area contributed by atoms with Crippen LogP contribution in [0.1, 0.15) is 6.92 Å². The van der Waals surface area contributed by atoms with Gasteiger partial charge in [0.25, 0.3) is 0 Å². The van der Waals surface area contributed by atoms with E-state index in [1.165, 1.54) is 13.0 Å². The predicted molar refractivity (Wildman–Crippen MR) is 25.6 cm³/mol. The summed E-state index contributed by atoms with van der Waals surface area (Å²) >= 11 is 4.41. The predicted octanol–water partition coefficient (Wildman–Crippen LogP) is 2.39. The number of halogens is 3. The molecule has 0 radical (unpaired) electrons. The molecule has 0 nitrogen and oxygen atoms in total. The molecule has 7 heavy (non-hydrogen) atoms. The minimum Gasteiger partial charge on any atom is -0.184 e. The van der Waals surface area contributed by atoms with Gasteiger partial charge in [-0.25, -0.2) is 0 Å². The quantitative estimate of drug-likeness (QED) is 0.374. The SMILES string of the molecule is C/C=C\C(F)(F)Cl. The molecular formula is C4H5ClF2. The Morgan fingerprint density at radius 1 is 1.57 bits per heavy atom. The van der Waals surface area contributed by atoms with Crippen LogP contribution in [0.2, 0.25) is 0 Å². The van der Waals surface area contributed by atoms with Crippen molar-refractivity contribution in [1.29, 1.82) is 0 Å². The van der Waals surface area contributed by atoms with Crippen LogP contribution in [-0.4, -0.2) is 5.38 Å². The van der Waals surface area contributed by atoms with Crippen molar-refractivity contribution in [1.82, 2.24) is 0 Å². The molecule has 42 valence electrons. The van der Waals surface area contributed by atoms with Crippen molar-refractivity contribution in [2.24, 2.45) is 0 Å². The maximum Gasteiger partial charge on any atom is 0.341 e. The van der Waals surface area contributed by atoms with Crippen molar-refractivity contribution in [3.63, 3.8) is 0 Å². The van der Waals surface area contributed by atoms with Crippen LogP contribution in [0.3, 0.4) is 0 Å². The van der Waals surface area contributed by atoms with E-state index in [2.05, 4.69) is 11.6 Å². The van der Waals surface area contributed by atoms with Crippen LogP contribution in [0.15, 0.2) is 12.2 Å². The molecule has 0 bridgehead atoms. The van der Waals surface area contributed by atoms with Gasteiger partial charge in [-0.1, -0.05) is 6.08 Å². The Morgan fingerprint density at radius 3 is 2.00 bits per heavy atom. The molecule has 0 amide bonds. The lowest BCUT2D eigenvalue weighted by Crippen LogP contribution is -1.97. The Morgan fingerprint density at radius 2 is 2.00 bits per heavy atom. The van der Waals surface area contributed by atoms with E-state index in [0.29, 0.717) is 6.08 Å². The largest absolute Gasteiger partial charge is 0.341 e. The Balaban J connectivity index is 3.56. The van der Waals surface area contributed by atoms with Crippen LogP contribution in [-0.2, 0) is 0 Å². The van der Waals surface area contributed by atoms with Crippen molar-refractivity contribution < 1.29 is 8.78 Å². The summed E-state index contributed by atoms with van der Waals surface area (Å²) in [5.41, 5.74) is 0. The zero-order valence-corrected chi connectivity index (χ0v) is 4.54. The molecule has 0 saturated carbocycles. The fraction of sp³-hybridized carbons (Fsp3) is 0.500. The van der Waals surface area contributed by atoms with E-state index >= 15 is 0 Å². The van der Waals surface area contributed by atoms with Crippen molar-refractivity contribution in [2.45, 2.75) is 12.3 Å². The molecule has 0 spiro atoms. The molecule has 0 aromatic carbocycles. The van der Waals surface area contributed by atoms with E-state index < -0.39 is 5.38 Å². The smallest absolute Gasteiger partial charge is 0.184 e. The molecule has 3 heteroatoms. The topological polar surface area (TPSA) is 0 Å². The Kier molecular flexibility index (Phi) is 2.23. The first-order chi connectivity index (χ1) is 3.06. The maximum atomic E-state index is 11.4. The Labute approximate surface area is 45.8 Å². The van der Waals surface area contributed by atoms with Gasteiger partial charge in [0.1, 0.15) is 0 Å². The van der Waals surface area contributed by atoms with E-state index in [-0.39, 0.29) is 0 Å². The number of rotatable bonds is 1. The monoisotopic (exact) mass is 126 g/mol. The lowest BCUT2D eigenvalue weighted by molar-refractivity contribution is 0.153. The third-order valence-corrected chi connectivity index (χ3v) is 0.482. The molecule has 0 aliphatic heterocycles. The fourth-order valence-electron chi connectivity index (χ4n) is 0.189. The molecule has 0 heterocycles. The second-order valence-corrected chi connectivity index (χ2v) is 1.55. The summed E-state index contributed by atoms with van der Waals surface area (Å²) in [5, 5.41) is -3.16. The Bertz CT molecular complexity index is 72.2. The average molecular weight is 127 g/mol. The number of hydrogen-bond acceptors (Lipinski definition) is 0. The van der Waals surface area contributed by atoms with Crippen molar-refractivity contribution >= 4 is 11.6 Å². The molecule has 0 N–H and O–H groups in total. The summed E-state index contributed by atoms with van der Waals surface area (Å²) in [5.74, 6) is 0. The summed E-state index contributed by atoms with van der Waals surface area (Å²) in [7, 11) is 0. The second-order valence-electron chi connectivity index (χ2n) is 1.04. The highest BCUT2D eigenvalue weighted by Gasteiger charge is 2.17. The van der Waals surface area contributed by atoms with E-state index in [0.717, 1.165) is 0 Å². The van der Waals surface area contributed by atoms with Gasteiger partial charge < -0.3 is 0 Å². The van der Waals surface area contributed by atoms with Crippen LogP contribution >= 0.6 is 11.6 Å². The molecule has 0 fully saturated rings. The van der Waals surface area contributed by atoms with E-state index in [9.17, 15) is 8.78 Å². The second kappa shape index (κ2) is 2.26. The van der Waals surface area contributed by atoms with Crippen LogP contribution in [0.5, 0.6) is 0 Å². The summed E-state index contributed by atoms with van der Waals surface area (Å²) in [6.07, 6.45) is 1.82. The standard InChI is InChI=1S/C4H5ClF2/c1-2-3-4(5,6)7/h2-3H,1H3/b3-2-. The van der Waals surface area contributed by atoms with Crippen LogP contribution in [0.4, 0.5) is 8.78 Å². The normalized spacial score (nSPS) is 13.1. The van der Waals surface area contributed by atoms with Crippen LogP contribution < -0.4 is 0 Å². The lowest BCUT2D eigenvalue weighted by atomic mass is 10.5. The van der Waals surface area contributed by atoms with Gasteiger partial charge in [0.2, 0.25) is 0 Å². The maximum absolute atomic E-state index is 11.4. The van der Waals surface area contributed by atoms with Gasteiger partial charge in [0.15, 0.2) is 0 Å². The number of allylic oxidation sites excluding steroid dienone is 2. The van der Waals surface area contributed by atoms with E-state index in [1.54, 1.807) is 0 Å². The molecule has 0 aliphatic carbocycles. The zero-order chi connectivity index (χ0) is 5.91. The third-order valence-electron chi connectivity index (χ3n) is 0.356. The highest BCUT2D eigenvalue weighted by Crippen LogP contribution is 2.19. The van der Waals surface area contributed by atoms with Gasteiger partial charge in [0.05, 0.1) is 0 Å². The average Bonchev–Trinajstić information content (AvgIpc) is 1.30. The first-order valence-electron chi connectivity index (χ1n) is 1.77. The Hall–Kier alpha value is -0.110. The summed E-state index contributed by atoms with van der Waals surface area (Å²) < 4.78 is 22.8. The number of alkyl halides is 3. The molecule has 0 saturated heterocycles. The third kappa shape index (κ3) is 5.89. The molecule has 0 unspecified atom stereocenters. The first-order valence-corrected chi connectivity index (χ1v) is 2.14. The minimum absolute atomic E-state index is 0.620. The molecule has 0 aromatic heterocycles. The summed E-state index contributed by atoms with van der Waals surface area (Å²) in [4.78, 5) is 0. The highest BCUT2D eigenvalue weighted by atomic mass is 35.5. The van der Waals surface area contributed by atoms with E-state index in [1.807, 2.05) is 0 Å². The zero-order valence-electron chi connectivity index (χ0n) is 3.79. The van der Waals surface area contributed by atoms with Crippen LogP contribution in [0, 0.1) is 0 Å². The van der Waals surface area contributed by atoms with Crippen molar-refractivity contribution in [2.75, 3.05) is 0 Å². The summed E-state index contributed by atoms with van der Waals surface area (Å²) in [6.45, 7) is 1.48. The minimum atomic E-state index is -3.16. The van der Waals surface area contributed by atoms with Crippen molar-refractivity contribution in [3.05, 3.63) is 12.2 Å². The molecule has 0 rings (SSSR count). The number of hydrogen-bond donors (Lipinski definition) is 0. The van der Waals surface area contributed by atoms with Gasteiger partial charge in [0, 0.05) is 0 Å². The molecular weight excluding hydrogens is 121 g/mol. The van der Waals surface area contributed by atoms with E-state index in [4.69, 9.17) is 0 Å². The molecule has 0 atom stereocenters. The van der Waals surface area contributed by atoms with Gasteiger partial charge >= 0.3 is 5.38 Å².